The van der Waals surface area contributed by atoms with Crippen LogP contribution in [-0.2, 0) is 30.5 Å². The molecule has 0 bridgehead atoms. The van der Waals surface area contributed by atoms with Gasteiger partial charge in [0.2, 0.25) is 5.91 Å². The van der Waals surface area contributed by atoms with Gasteiger partial charge >= 0.3 is 5.97 Å². The minimum absolute atomic E-state index is 0.117. The van der Waals surface area contributed by atoms with Gasteiger partial charge in [-0.2, -0.15) is 0 Å². The first kappa shape index (κ1) is 27.6. The lowest BCUT2D eigenvalue weighted by Gasteiger charge is -2.39. The summed E-state index contributed by atoms with van der Waals surface area (Å²) in [7, 11) is 0. The predicted molar refractivity (Wildman–Crippen MR) is 148 cm³/mol. The number of rotatable bonds is 6. The van der Waals surface area contributed by atoms with E-state index in [1.165, 1.54) is 4.90 Å². The minimum Gasteiger partial charge on any atom is -0.465 e. The molecule has 2 amide bonds. The van der Waals surface area contributed by atoms with E-state index < -0.39 is 41.6 Å². The van der Waals surface area contributed by atoms with Crippen molar-refractivity contribution in [2.75, 3.05) is 19.8 Å². The van der Waals surface area contributed by atoms with Gasteiger partial charge in [-0.25, -0.2) is 4.68 Å². The number of aliphatic hydroxyl groups excluding tert-OH is 1. The average Bonchev–Trinajstić information content (AvgIpc) is 3.55. The van der Waals surface area contributed by atoms with Crippen LogP contribution in [0.4, 0.5) is 0 Å². The van der Waals surface area contributed by atoms with Crippen LogP contribution in [-0.4, -0.2) is 91.2 Å². The lowest BCUT2D eigenvalue weighted by atomic mass is 9.78. The highest BCUT2D eigenvalue weighted by Gasteiger charge is 2.72. The number of hydrogen-bond donors (Lipinski definition) is 1. The summed E-state index contributed by atoms with van der Waals surface area (Å²) in [4.78, 5) is 45.6. The Hall–Kier alpha value is -3.57. The van der Waals surface area contributed by atoms with Crippen LogP contribution >= 0.6 is 0 Å². The van der Waals surface area contributed by atoms with Gasteiger partial charge in [0.05, 0.1) is 36.8 Å². The Morgan fingerprint density at radius 2 is 1.95 bits per heavy atom. The number of hydrogen-bond acceptors (Lipinski definition) is 8. The van der Waals surface area contributed by atoms with E-state index in [4.69, 9.17) is 9.47 Å². The summed E-state index contributed by atoms with van der Waals surface area (Å²) >= 11 is 0. The zero-order valence-electron chi connectivity index (χ0n) is 23.5. The van der Waals surface area contributed by atoms with Gasteiger partial charge in [0.25, 0.3) is 5.91 Å². The Balaban J connectivity index is 1.43. The number of amides is 2. The molecule has 1 N–H and O–H groups in total. The second-order valence-corrected chi connectivity index (χ2v) is 11.8. The Labute approximate surface area is 238 Å². The topological polar surface area (TPSA) is 127 Å². The number of para-hydroxylation sites is 1. The molecule has 1 aromatic heterocycles. The smallest absolute Gasteiger partial charge is 0.312 e. The van der Waals surface area contributed by atoms with E-state index in [-0.39, 0.29) is 44.2 Å². The van der Waals surface area contributed by atoms with Crippen molar-refractivity contribution >= 4 is 28.8 Å². The third-order valence-electron chi connectivity index (χ3n) is 8.70. The third-order valence-corrected chi connectivity index (χ3v) is 8.70. The molecule has 4 aliphatic heterocycles. The number of likely N-dealkylation sites (tertiary alicyclic amines) is 1. The number of fused-ring (bicyclic) bond motifs is 3. The number of allylic oxidation sites excluding steroid dienone is 1. The first-order chi connectivity index (χ1) is 19.9. The number of carbonyl (C=O) groups is 3. The first-order valence-electron chi connectivity index (χ1n) is 14.5. The summed E-state index contributed by atoms with van der Waals surface area (Å²) in [6.07, 6.45) is 9.68. The highest BCUT2D eigenvalue weighted by Crippen LogP contribution is 2.54. The molecule has 2 aromatic rings. The van der Waals surface area contributed by atoms with Gasteiger partial charge in [-0.3, -0.25) is 14.4 Å². The fraction of sp³-hybridized carbons (Fsp3) is 0.567. The molecule has 11 nitrogen and oxygen atoms in total. The van der Waals surface area contributed by atoms with Gasteiger partial charge in [0, 0.05) is 6.54 Å². The lowest BCUT2D eigenvalue weighted by Crippen LogP contribution is -2.58. The number of aliphatic hydroxyl groups is 1. The summed E-state index contributed by atoms with van der Waals surface area (Å²) < 4.78 is 14.0. The highest BCUT2D eigenvalue weighted by atomic mass is 16.6. The van der Waals surface area contributed by atoms with Crippen LogP contribution in [0.2, 0.25) is 0 Å². The number of aromatic nitrogens is 3. The fourth-order valence-electron chi connectivity index (χ4n) is 6.93. The zero-order valence-corrected chi connectivity index (χ0v) is 23.5. The molecule has 5 heterocycles. The predicted octanol–water partition coefficient (Wildman–Crippen LogP) is 2.06. The maximum Gasteiger partial charge on any atom is 0.312 e. The maximum absolute atomic E-state index is 14.6. The average molecular weight is 564 g/mol. The maximum atomic E-state index is 14.6. The molecule has 1 unspecified atom stereocenters. The van der Waals surface area contributed by atoms with Gasteiger partial charge in [-0.15, -0.1) is 5.10 Å². The van der Waals surface area contributed by atoms with E-state index in [1.807, 2.05) is 56.3 Å². The summed E-state index contributed by atoms with van der Waals surface area (Å²) in [5.41, 5.74) is 0.109. The first-order valence-corrected chi connectivity index (χ1v) is 14.5. The second kappa shape index (κ2) is 11.0. The normalized spacial score (nSPS) is 31.6. The molecule has 0 radical (unpaired) electrons. The molecular weight excluding hydrogens is 526 g/mol. The standard InChI is InChI=1S/C30H37N5O6/c1-19(2)16-20(17-36)35-26-28(38)33(18-34-22-11-7-6-10-21(22)31-32-34)14-9-13-30(26)25(27(35)37)24-23(41-30)12-5-3-4-8-15-40-29(24)39/h5-7,9-13,19-20,23-26,36H,3-4,8,14-18H2,1-2H3/b12-5-/t20-,23-,24+,25+,26?,30+/m1/s1. The van der Waals surface area contributed by atoms with Crippen molar-refractivity contribution in [3.63, 3.8) is 0 Å². The molecule has 6 atom stereocenters. The van der Waals surface area contributed by atoms with Crippen molar-refractivity contribution in [3.05, 3.63) is 48.6 Å². The second-order valence-electron chi connectivity index (χ2n) is 11.8. The molecule has 0 aliphatic carbocycles. The van der Waals surface area contributed by atoms with Gasteiger partial charge in [-0.1, -0.05) is 55.5 Å². The third kappa shape index (κ3) is 4.64. The Morgan fingerprint density at radius 3 is 2.76 bits per heavy atom. The molecule has 41 heavy (non-hydrogen) atoms. The Bertz CT molecular complexity index is 1390. The van der Waals surface area contributed by atoms with E-state index in [0.29, 0.717) is 11.9 Å². The summed E-state index contributed by atoms with van der Waals surface area (Å²) in [6, 6.07) is 5.82. The highest BCUT2D eigenvalue weighted by molar-refractivity contribution is 5.99. The van der Waals surface area contributed by atoms with Crippen LogP contribution in [0.15, 0.2) is 48.6 Å². The number of carbonyl (C=O) groups excluding carboxylic acids is 3. The van der Waals surface area contributed by atoms with Crippen LogP contribution in [0.3, 0.4) is 0 Å². The van der Waals surface area contributed by atoms with Crippen molar-refractivity contribution in [1.82, 2.24) is 24.8 Å². The van der Waals surface area contributed by atoms with Crippen LogP contribution < -0.4 is 0 Å². The van der Waals surface area contributed by atoms with Crippen molar-refractivity contribution in [2.24, 2.45) is 17.8 Å². The summed E-state index contributed by atoms with van der Waals surface area (Å²) in [5.74, 6) is -2.88. The zero-order chi connectivity index (χ0) is 28.7. The monoisotopic (exact) mass is 563 g/mol. The van der Waals surface area contributed by atoms with Gasteiger partial charge < -0.3 is 24.4 Å². The van der Waals surface area contributed by atoms with Crippen molar-refractivity contribution in [3.8, 4) is 0 Å². The van der Waals surface area contributed by atoms with E-state index in [9.17, 15) is 19.5 Å². The number of ether oxygens (including phenoxy) is 2. The van der Waals surface area contributed by atoms with Crippen molar-refractivity contribution in [1.29, 1.82) is 0 Å². The SMILES string of the molecule is CC(C)C[C@H](CO)N1C(=O)[C@@H]2[C@H]3C(=O)OCCCC/C=C\[C@H]3O[C@@]23C=CCN(Cn2nnc4ccccc42)C(=O)C13. The number of nitrogens with zero attached hydrogens (tertiary/aromatic N) is 5. The van der Waals surface area contributed by atoms with Gasteiger partial charge in [0.15, 0.2) is 0 Å². The van der Waals surface area contributed by atoms with Crippen molar-refractivity contribution < 1.29 is 29.0 Å². The fourth-order valence-corrected chi connectivity index (χ4v) is 6.93. The number of benzene rings is 1. The molecule has 11 heteroatoms. The molecule has 1 spiro atoms. The summed E-state index contributed by atoms with van der Waals surface area (Å²) in [6.45, 7) is 4.35. The van der Waals surface area contributed by atoms with E-state index in [0.717, 1.165) is 24.8 Å². The van der Waals surface area contributed by atoms with E-state index in [2.05, 4.69) is 10.3 Å². The molecule has 218 valence electrons. The lowest BCUT2D eigenvalue weighted by molar-refractivity contribution is -0.157. The van der Waals surface area contributed by atoms with Crippen molar-refractivity contribution in [2.45, 2.75) is 70.0 Å². The molecule has 2 fully saturated rings. The van der Waals surface area contributed by atoms with Crippen LogP contribution in [0.1, 0.15) is 39.5 Å². The Kier molecular flexibility index (Phi) is 7.41. The molecule has 6 rings (SSSR count). The van der Waals surface area contributed by atoms with Crippen LogP contribution in [0.5, 0.6) is 0 Å². The van der Waals surface area contributed by atoms with E-state index in [1.54, 1.807) is 15.7 Å². The number of esters is 1. The molecular formula is C30H37N5O6. The van der Waals surface area contributed by atoms with E-state index >= 15 is 0 Å². The molecule has 4 aliphatic rings. The number of cyclic esters (lactones) is 1. The largest absolute Gasteiger partial charge is 0.465 e. The Morgan fingerprint density at radius 1 is 1.12 bits per heavy atom. The van der Waals surface area contributed by atoms with Crippen LogP contribution in [0, 0.1) is 17.8 Å². The van der Waals surface area contributed by atoms with Crippen LogP contribution in [0.25, 0.3) is 11.0 Å². The molecule has 0 saturated carbocycles. The quantitative estimate of drug-likeness (QED) is 0.418. The molecule has 1 aromatic carbocycles. The summed E-state index contributed by atoms with van der Waals surface area (Å²) in [5, 5.41) is 19.0. The van der Waals surface area contributed by atoms with Gasteiger partial charge in [-0.05, 0) is 43.7 Å². The van der Waals surface area contributed by atoms with Gasteiger partial charge in [0.1, 0.15) is 29.7 Å². The molecule has 2 saturated heterocycles. The minimum atomic E-state index is -1.38.